The summed E-state index contributed by atoms with van der Waals surface area (Å²) in [4.78, 5) is 3.60. The monoisotopic (exact) mass is 258 g/mol. The van der Waals surface area contributed by atoms with E-state index in [9.17, 15) is 0 Å². The average molecular weight is 258 g/mol. The van der Waals surface area contributed by atoms with Gasteiger partial charge in [-0.1, -0.05) is 18.2 Å². The van der Waals surface area contributed by atoms with Gasteiger partial charge in [-0.05, 0) is 48.6 Å². The van der Waals surface area contributed by atoms with E-state index in [4.69, 9.17) is 0 Å². The Morgan fingerprint density at radius 2 is 2.10 bits per heavy atom. The minimum atomic E-state index is 1.11. The van der Waals surface area contributed by atoms with Crippen LogP contribution >= 0.6 is 0 Å². The Labute approximate surface area is 116 Å². The summed E-state index contributed by atoms with van der Waals surface area (Å²) in [6.07, 6.45) is 8.90. The first-order chi connectivity index (χ1) is 9.92. The minimum Gasteiger partial charge on any atom is -0.355 e. The molecule has 1 aliphatic carbocycles. The summed E-state index contributed by atoms with van der Waals surface area (Å²) in [5.41, 5.74) is 6.57. The molecule has 2 nitrogen and oxygen atoms in total. The van der Waals surface area contributed by atoms with Crippen molar-refractivity contribution in [2.24, 2.45) is 0 Å². The number of allylic oxidation sites excluding steroid dienone is 1. The number of rotatable bonds is 0. The fraction of sp³-hybridized carbons (Fsp3) is 0.111. The Morgan fingerprint density at radius 1 is 1.10 bits per heavy atom. The van der Waals surface area contributed by atoms with E-state index in [0.29, 0.717) is 0 Å². The minimum absolute atomic E-state index is 1.11. The van der Waals surface area contributed by atoms with Crippen LogP contribution < -0.4 is 0 Å². The summed E-state index contributed by atoms with van der Waals surface area (Å²) in [6.45, 7) is 0. The normalized spacial score (nSPS) is 14.4. The van der Waals surface area contributed by atoms with Crippen LogP contribution in [-0.2, 0) is 6.42 Å². The molecule has 0 saturated carbocycles. The number of fused-ring (bicyclic) bond motifs is 4. The maximum Gasteiger partial charge on any atom is 0.0607 e. The largest absolute Gasteiger partial charge is 0.355 e. The van der Waals surface area contributed by atoms with Crippen molar-refractivity contribution in [3.05, 3.63) is 59.9 Å². The van der Waals surface area contributed by atoms with Gasteiger partial charge in [0.2, 0.25) is 0 Å². The molecule has 1 aliphatic rings. The number of nitrogens with zero attached hydrogens (tertiary/aromatic N) is 1. The molecule has 96 valence electrons. The number of hydrogen-bond acceptors (Lipinski definition) is 0. The molecule has 1 aromatic carbocycles. The molecule has 0 spiro atoms. The van der Waals surface area contributed by atoms with Crippen LogP contribution in [0.5, 0.6) is 0 Å². The van der Waals surface area contributed by atoms with Crippen LogP contribution in [0.3, 0.4) is 0 Å². The molecule has 1 N–H and O–H groups in total. The van der Waals surface area contributed by atoms with E-state index in [-0.39, 0.29) is 0 Å². The smallest absolute Gasteiger partial charge is 0.0607 e. The SMILES string of the molecule is C1=Cc2[nH]c3cccc4cc5cccn5c(c2CC1)c43. The van der Waals surface area contributed by atoms with Crippen molar-refractivity contribution in [2.75, 3.05) is 0 Å². The molecule has 0 saturated heterocycles. The van der Waals surface area contributed by atoms with Crippen LogP contribution in [0.4, 0.5) is 0 Å². The summed E-state index contributed by atoms with van der Waals surface area (Å²) in [5, 5.41) is 2.67. The Hall–Kier alpha value is -2.48. The number of benzene rings is 1. The van der Waals surface area contributed by atoms with Gasteiger partial charge in [-0.25, -0.2) is 0 Å². The van der Waals surface area contributed by atoms with Crippen molar-refractivity contribution in [3.8, 4) is 0 Å². The lowest BCUT2D eigenvalue weighted by Gasteiger charge is -2.18. The van der Waals surface area contributed by atoms with Crippen LogP contribution in [0.2, 0.25) is 0 Å². The van der Waals surface area contributed by atoms with Gasteiger partial charge in [0, 0.05) is 33.9 Å². The third-order valence-corrected chi connectivity index (χ3v) is 4.38. The molecule has 0 aliphatic heterocycles. The molecule has 0 amide bonds. The number of aromatic amines is 1. The summed E-state index contributed by atoms with van der Waals surface area (Å²) >= 11 is 0. The molecule has 0 bridgehead atoms. The molecule has 0 unspecified atom stereocenters. The first-order valence-electron chi connectivity index (χ1n) is 7.12. The third kappa shape index (κ3) is 1.19. The lowest BCUT2D eigenvalue weighted by molar-refractivity contribution is 0.973. The fourth-order valence-electron chi connectivity index (χ4n) is 3.52. The maximum atomic E-state index is 3.60. The number of nitrogens with one attached hydrogen (secondary N) is 1. The van der Waals surface area contributed by atoms with E-state index in [0.717, 1.165) is 12.8 Å². The van der Waals surface area contributed by atoms with E-state index in [2.05, 4.69) is 64.1 Å². The van der Waals surface area contributed by atoms with Crippen molar-refractivity contribution < 1.29 is 0 Å². The second kappa shape index (κ2) is 3.54. The van der Waals surface area contributed by atoms with E-state index in [1.807, 2.05) is 0 Å². The van der Waals surface area contributed by atoms with Gasteiger partial charge >= 0.3 is 0 Å². The highest BCUT2D eigenvalue weighted by atomic mass is 14.9. The van der Waals surface area contributed by atoms with E-state index >= 15 is 0 Å². The zero-order chi connectivity index (χ0) is 13.1. The summed E-state index contributed by atoms with van der Waals surface area (Å²) in [7, 11) is 0. The van der Waals surface area contributed by atoms with Crippen LogP contribution in [-0.4, -0.2) is 9.38 Å². The maximum absolute atomic E-state index is 3.60. The van der Waals surface area contributed by atoms with Crippen molar-refractivity contribution in [1.29, 1.82) is 0 Å². The molecular weight excluding hydrogens is 244 g/mol. The second-order valence-electron chi connectivity index (χ2n) is 5.52. The summed E-state index contributed by atoms with van der Waals surface area (Å²) in [5.74, 6) is 0. The molecule has 2 heteroatoms. The first-order valence-corrected chi connectivity index (χ1v) is 7.12. The van der Waals surface area contributed by atoms with Gasteiger partial charge in [0.15, 0.2) is 0 Å². The zero-order valence-corrected chi connectivity index (χ0v) is 11.1. The Bertz CT molecular complexity index is 998. The average Bonchev–Trinajstić information content (AvgIpc) is 2.95. The second-order valence-corrected chi connectivity index (χ2v) is 5.52. The Morgan fingerprint density at radius 3 is 3.10 bits per heavy atom. The Balaban J connectivity index is 2.18. The highest BCUT2D eigenvalue weighted by molar-refractivity contribution is 6.10. The first kappa shape index (κ1) is 10.3. The molecule has 3 heterocycles. The fourth-order valence-corrected chi connectivity index (χ4v) is 3.52. The summed E-state index contributed by atoms with van der Waals surface area (Å²) < 4.78 is 2.33. The number of pyridine rings is 2. The molecule has 0 fully saturated rings. The molecule has 5 rings (SSSR count). The number of hydrogen-bond donors (Lipinski definition) is 1. The van der Waals surface area contributed by atoms with Crippen LogP contribution in [0.15, 0.2) is 48.7 Å². The van der Waals surface area contributed by atoms with Gasteiger partial charge in [0.1, 0.15) is 0 Å². The summed E-state index contributed by atoms with van der Waals surface area (Å²) in [6, 6.07) is 13.1. The predicted molar refractivity (Wildman–Crippen MR) is 84.1 cm³/mol. The quantitative estimate of drug-likeness (QED) is 0.478. The van der Waals surface area contributed by atoms with Crippen LogP contribution in [0, 0.1) is 0 Å². The van der Waals surface area contributed by atoms with Gasteiger partial charge in [-0.15, -0.1) is 0 Å². The van der Waals surface area contributed by atoms with E-state index in [1.54, 1.807) is 0 Å². The molecule has 20 heavy (non-hydrogen) atoms. The number of H-pyrrole nitrogens is 1. The van der Waals surface area contributed by atoms with Gasteiger partial charge in [0.05, 0.1) is 5.52 Å². The number of aromatic nitrogens is 2. The number of aryl methyl sites for hydroxylation is 1. The van der Waals surface area contributed by atoms with Crippen LogP contribution in [0.25, 0.3) is 33.4 Å². The third-order valence-electron chi connectivity index (χ3n) is 4.38. The molecule has 0 radical (unpaired) electrons. The van der Waals surface area contributed by atoms with Crippen molar-refractivity contribution in [1.82, 2.24) is 9.38 Å². The lowest BCUT2D eigenvalue weighted by atomic mass is 9.96. The molecular formula is C18H14N2. The zero-order valence-electron chi connectivity index (χ0n) is 11.1. The van der Waals surface area contributed by atoms with Crippen molar-refractivity contribution >= 4 is 33.4 Å². The van der Waals surface area contributed by atoms with Crippen molar-refractivity contribution in [3.63, 3.8) is 0 Å². The van der Waals surface area contributed by atoms with E-state index in [1.165, 1.54) is 38.6 Å². The highest BCUT2D eigenvalue weighted by Crippen LogP contribution is 2.34. The van der Waals surface area contributed by atoms with Gasteiger partial charge in [-0.3, -0.25) is 0 Å². The topological polar surface area (TPSA) is 20.2 Å². The van der Waals surface area contributed by atoms with Gasteiger partial charge in [-0.2, -0.15) is 0 Å². The molecule has 3 aromatic heterocycles. The molecule has 4 aromatic rings. The van der Waals surface area contributed by atoms with Crippen LogP contribution in [0.1, 0.15) is 17.7 Å². The standard InChI is InChI=1S/C18H14N2/c1-2-8-15-14(7-1)18-17-12(5-3-9-16(17)19-15)11-13-6-4-10-20(13)18/h2-6,8-11,19H,1,7H2. The lowest BCUT2D eigenvalue weighted by Crippen LogP contribution is -2.03. The van der Waals surface area contributed by atoms with Gasteiger partial charge in [0.25, 0.3) is 0 Å². The van der Waals surface area contributed by atoms with Crippen molar-refractivity contribution in [2.45, 2.75) is 12.8 Å². The van der Waals surface area contributed by atoms with E-state index < -0.39 is 0 Å². The Kier molecular flexibility index (Phi) is 1.83. The van der Waals surface area contributed by atoms with Gasteiger partial charge < -0.3 is 9.38 Å². The highest BCUT2D eigenvalue weighted by Gasteiger charge is 2.15. The molecule has 0 atom stereocenters. The predicted octanol–water partition coefficient (Wildman–Crippen LogP) is 4.53.